The molecule has 144 valence electrons. The van der Waals surface area contributed by atoms with E-state index in [9.17, 15) is 4.79 Å². The van der Waals surface area contributed by atoms with E-state index in [0.29, 0.717) is 32.2 Å². The van der Waals surface area contributed by atoms with Crippen molar-refractivity contribution in [3.8, 4) is 0 Å². The molecule has 2 aromatic rings. The molecule has 6 heteroatoms. The summed E-state index contributed by atoms with van der Waals surface area (Å²) in [5, 5.41) is 0. The Morgan fingerprint density at radius 1 is 1.19 bits per heavy atom. The maximum absolute atomic E-state index is 13.7. The summed E-state index contributed by atoms with van der Waals surface area (Å²) in [4.78, 5) is 26.5. The van der Waals surface area contributed by atoms with Crippen LogP contribution in [0, 0.1) is 5.92 Å². The summed E-state index contributed by atoms with van der Waals surface area (Å²) in [5.74, 6) is 0.473. The molecule has 27 heavy (non-hydrogen) atoms. The molecule has 1 atom stereocenters. The molecule has 1 aliphatic heterocycles. The molecular formula is C21H28N4O2. The fraction of sp³-hybridized carbons (Fsp3) is 0.476. The summed E-state index contributed by atoms with van der Waals surface area (Å²) in [7, 11) is 0. The van der Waals surface area contributed by atoms with Crippen LogP contribution in [-0.2, 0) is 16.1 Å². The molecule has 2 aromatic heterocycles. The number of rotatable bonds is 7. The molecule has 1 saturated heterocycles. The lowest BCUT2D eigenvalue weighted by molar-refractivity contribution is -0.140. The Hall–Kier alpha value is -2.31. The maximum atomic E-state index is 13.7. The first-order chi connectivity index (χ1) is 13.1. The van der Waals surface area contributed by atoms with Gasteiger partial charge < -0.3 is 9.64 Å². The zero-order valence-corrected chi connectivity index (χ0v) is 16.1. The van der Waals surface area contributed by atoms with Gasteiger partial charge in [-0.1, -0.05) is 26.0 Å². The number of aromatic nitrogens is 2. The Kier molecular flexibility index (Phi) is 6.90. The van der Waals surface area contributed by atoms with E-state index in [1.807, 2.05) is 35.2 Å². The number of carbonyl (C=O) groups excluding carboxylic acids is 1. The van der Waals surface area contributed by atoms with Crippen molar-refractivity contribution < 1.29 is 9.53 Å². The molecule has 1 fully saturated rings. The molecule has 6 nitrogen and oxygen atoms in total. The van der Waals surface area contributed by atoms with Gasteiger partial charge in [0.1, 0.15) is 6.04 Å². The number of nitrogens with zero attached hydrogens (tertiary/aromatic N) is 4. The Bertz CT molecular complexity index is 703. The lowest BCUT2D eigenvalue weighted by atomic mass is 10.0. The predicted molar refractivity (Wildman–Crippen MR) is 104 cm³/mol. The van der Waals surface area contributed by atoms with E-state index in [2.05, 4.69) is 28.7 Å². The van der Waals surface area contributed by atoms with Gasteiger partial charge in [0.25, 0.3) is 0 Å². The molecule has 0 bridgehead atoms. The first-order valence-corrected chi connectivity index (χ1v) is 9.55. The Labute approximate surface area is 161 Å². The average Bonchev–Trinajstić information content (AvgIpc) is 2.70. The molecule has 1 amide bonds. The van der Waals surface area contributed by atoms with Crippen LogP contribution < -0.4 is 0 Å². The SMILES string of the molecule is CC(C)CN(Cc1ccccn1)C(=O)[C@H](c1cccnc1)N1CCOCC1. The third-order valence-electron chi connectivity index (χ3n) is 4.62. The van der Waals surface area contributed by atoms with E-state index < -0.39 is 0 Å². The van der Waals surface area contributed by atoms with Gasteiger partial charge in [0.15, 0.2) is 0 Å². The van der Waals surface area contributed by atoms with E-state index in [1.54, 1.807) is 18.6 Å². The monoisotopic (exact) mass is 368 g/mol. The fourth-order valence-electron chi connectivity index (χ4n) is 3.42. The minimum atomic E-state index is -0.343. The van der Waals surface area contributed by atoms with Crippen LogP contribution in [0.25, 0.3) is 0 Å². The van der Waals surface area contributed by atoms with E-state index in [1.165, 1.54) is 0 Å². The van der Waals surface area contributed by atoms with Crippen LogP contribution in [0.3, 0.4) is 0 Å². The maximum Gasteiger partial charge on any atom is 0.244 e. The number of ether oxygens (including phenoxy) is 1. The van der Waals surface area contributed by atoms with Crippen LogP contribution in [0.4, 0.5) is 0 Å². The first-order valence-electron chi connectivity index (χ1n) is 9.55. The van der Waals surface area contributed by atoms with Crippen LogP contribution in [0.2, 0.25) is 0 Å². The molecule has 0 aromatic carbocycles. The highest BCUT2D eigenvalue weighted by atomic mass is 16.5. The van der Waals surface area contributed by atoms with E-state index in [0.717, 1.165) is 24.3 Å². The van der Waals surface area contributed by atoms with Crippen LogP contribution in [0.15, 0.2) is 48.9 Å². The predicted octanol–water partition coefficient (Wildman–Crippen LogP) is 2.53. The van der Waals surface area contributed by atoms with Gasteiger partial charge in [0, 0.05) is 38.2 Å². The zero-order chi connectivity index (χ0) is 19.1. The molecule has 0 unspecified atom stereocenters. The molecule has 1 aliphatic rings. The quantitative estimate of drug-likeness (QED) is 0.752. The molecule has 0 spiro atoms. The minimum Gasteiger partial charge on any atom is -0.379 e. The summed E-state index contributed by atoms with van der Waals surface area (Å²) in [6.07, 6.45) is 5.31. The summed E-state index contributed by atoms with van der Waals surface area (Å²) >= 11 is 0. The Morgan fingerprint density at radius 3 is 2.63 bits per heavy atom. The number of morpholine rings is 1. The van der Waals surface area contributed by atoms with Gasteiger partial charge in [-0.25, -0.2) is 0 Å². The van der Waals surface area contributed by atoms with Crippen molar-refractivity contribution in [3.63, 3.8) is 0 Å². The number of hydrogen-bond donors (Lipinski definition) is 0. The third kappa shape index (κ3) is 5.34. The van der Waals surface area contributed by atoms with Crippen molar-refractivity contribution in [3.05, 3.63) is 60.2 Å². The normalized spacial score (nSPS) is 16.3. The van der Waals surface area contributed by atoms with Crippen molar-refractivity contribution >= 4 is 5.91 Å². The summed E-state index contributed by atoms with van der Waals surface area (Å²) < 4.78 is 5.49. The number of amides is 1. The van der Waals surface area contributed by atoms with Gasteiger partial charge in [-0.2, -0.15) is 0 Å². The highest BCUT2D eigenvalue weighted by molar-refractivity contribution is 5.83. The van der Waals surface area contributed by atoms with Crippen molar-refractivity contribution in [1.29, 1.82) is 0 Å². The van der Waals surface area contributed by atoms with Gasteiger partial charge in [0.2, 0.25) is 5.91 Å². The first kappa shape index (κ1) is 19.5. The van der Waals surface area contributed by atoms with Gasteiger partial charge in [0.05, 0.1) is 25.5 Å². The molecule has 0 aliphatic carbocycles. The smallest absolute Gasteiger partial charge is 0.244 e. The molecular weight excluding hydrogens is 340 g/mol. The third-order valence-corrected chi connectivity index (χ3v) is 4.62. The van der Waals surface area contributed by atoms with Gasteiger partial charge in [-0.3, -0.25) is 19.7 Å². The van der Waals surface area contributed by atoms with Crippen molar-refractivity contribution in [1.82, 2.24) is 19.8 Å². The molecule has 3 rings (SSSR count). The lowest BCUT2D eigenvalue weighted by Crippen LogP contribution is -2.47. The van der Waals surface area contributed by atoms with Crippen LogP contribution in [0.5, 0.6) is 0 Å². The second-order valence-electron chi connectivity index (χ2n) is 7.27. The Morgan fingerprint density at radius 2 is 2.00 bits per heavy atom. The molecule has 0 saturated carbocycles. The summed E-state index contributed by atoms with van der Waals surface area (Å²) in [5.41, 5.74) is 1.83. The van der Waals surface area contributed by atoms with E-state index >= 15 is 0 Å². The Balaban J connectivity index is 1.88. The highest BCUT2D eigenvalue weighted by Crippen LogP contribution is 2.25. The topological polar surface area (TPSA) is 58.6 Å². The zero-order valence-electron chi connectivity index (χ0n) is 16.1. The molecule has 0 radical (unpaired) electrons. The average molecular weight is 368 g/mol. The number of pyridine rings is 2. The fourth-order valence-corrected chi connectivity index (χ4v) is 3.42. The minimum absolute atomic E-state index is 0.101. The molecule has 3 heterocycles. The van der Waals surface area contributed by atoms with Gasteiger partial charge in [-0.05, 0) is 29.7 Å². The second kappa shape index (κ2) is 9.58. The van der Waals surface area contributed by atoms with Crippen molar-refractivity contribution in [2.24, 2.45) is 5.92 Å². The summed E-state index contributed by atoms with van der Waals surface area (Å²) in [6, 6.07) is 9.35. The van der Waals surface area contributed by atoms with E-state index in [4.69, 9.17) is 4.74 Å². The van der Waals surface area contributed by atoms with E-state index in [-0.39, 0.29) is 11.9 Å². The lowest BCUT2D eigenvalue weighted by Gasteiger charge is -2.37. The van der Waals surface area contributed by atoms with Crippen LogP contribution in [0.1, 0.15) is 31.1 Å². The van der Waals surface area contributed by atoms with Crippen molar-refractivity contribution in [2.45, 2.75) is 26.4 Å². The highest BCUT2D eigenvalue weighted by Gasteiger charge is 2.33. The standard InChI is InChI=1S/C21H28N4O2/c1-17(2)15-25(16-19-7-3-4-9-23-19)21(26)20(18-6-5-8-22-14-18)24-10-12-27-13-11-24/h3-9,14,17,20H,10-13,15-16H2,1-2H3/t20-/m0/s1. The molecule has 0 N–H and O–H groups in total. The van der Waals surface area contributed by atoms with Gasteiger partial charge in [-0.15, -0.1) is 0 Å². The van der Waals surface area contributed by atoms with Crippen LogP contribution >= 0.6 is 0 Å². The largest absolute Gasteiger partial charge is 0.379 e. The number of hydrogen-bond acceptors (Lipinski definition) is 5. The number of carbonyl (C=O) groups is 1. The second-order valence-corrected chi connectivity index (χ2v) is 7.27. The summed E-state index contributed by atoms with van der Waals surface area (Å²) in [6.45, 7) is 8.24. The van der Waals surface area contributed by atoms with Gasteiger partial charge >= 0.3 is 0 Å². The van der Waals surface area contributed by atoms with Crippen LogP contribution in [-0.4, -0.2) is 58.5 Å². The van der Waals surface area contributed by atoms with Crippen molar-refractivity contribution in [2.75, 3.05) is 32.8 Å².